The molecular weight excluding hydrogens is 216 g/mol. The number of carbonyl (C=O) groups excluding carboxylic acids is 1. The Morgan fingerprint density at radius 1 is 1.41 bits per heavy atom. The number of hydrogen-bond donors (Lipinski definition) is 1. The van der Waals surface area contributed by atoms with Crippen LogP contribution in [0, 0.1) is 5.92 Å². The Bertz CT molecular complexity index is 525. The Kier molecular flexibility index (Phi) is 2.06. The van der Waals surface area contributed by atoms with Gasteiger partial charge in [0.15, 0.2) is 13.2 Å². The van der Waals surface area contributed by atoms with Crippen molar-refractivity contribution in [3.8, 4) is 0 Å². The Balaban J connectivity index is 2.21. The van der Waals surface area contributed by atoms with Crippen LogP contribution in [0.1, 0.15) is 11.6 Å². The van der Waals surface area contributed by atoms with E-state index in [4.69, 9.17) is 5.73 Å². The van der Waals surface area contributed by atoms with Crippen molar-refractivity contribution in [1.82, 2.24) is 0 Å². The van der Waals surface area contributed by atoms with Crippen molar-refractivity contribution in [1.29, 1.82) is 0 Å². The fourth-order valence-corrected chi connectivity index (χ4v) is 2.83. The normalized spacial score (nSPS) is 31.0. The lowest BCUT2D eigenvalue weighted by Gasteiger charge is -2.31. The van der Waals surface area contributed by atoms with Crippen molar-refractivity contribution in [3.05, 3.63) is 29.8 Å². The molecule has 2 N–H and O–H groups in total. The van der Waals surface area contributed by atoms with Crippen LogP contribution in [-0.2, 0) is 4.79 Å². The van der Waals surface area contributed by atoms with Crippen LogP contribution in [0.15, 0.2) is 29.4 Å². The summed E-state index contributed by atoms with van der Waals surface area (Å²) in [4.78, 5) is 14.0. The monoisotopic (exact) mass is 231 g/mol. The van der Waals surface area contributed by atoms with Gasteiger partial charge in [0, 0.05) is 12.6 Å². The van der Waals surface area contributed by atoms with Crippen molar-refractivity contribution in [2.45, 2.75) is 12.2 Å². The molecule has 0 aliphatic carbocycles. The predicted molar refractivity (Wildman–Crippen MR) is 62.7 cm³/mol. The number of azo groups is 2. The van der Waals surface area contributed by atoms with Crippen LogP contribution < -0.4 is 10.6 Å². The van der Waals surface area contributed by atoms with Crippen molar-refractivity contribution in [2.24, 2.45) is 16.8 Å². The van der Waals surface area contributed by atoms with E-state index in [1.807, 2.05) is 36.0 Å². The number of carbonyl (C=O) groups is 1. The van der Waals surface area contributed by atoms with Crippen molar-refractivity contribution >= 4 is 11.6 Å². The van der Waals surface area contributed by atoms with Gasteiger partial charge < -0.3 is 10.6 Å². The second-order valence-corrected chi connectivity index (χ2v) is 4.61. The van der Waals surface area contributed by atoms with Crippen LogP contribution >= 0.6 is 0 Å². The average Bonchev–Trinajstić information content (AvgIpc) is 2.62. The number of nitrogens with two attached hydrogens (primary N) is 1. The minimum Gasteiger partial charge on any atom is -0.314 e. The molecule has 0 saturated carbocycles. The highest BCUT2D eigenvalue weighted by Crippen LogP contribution is 2.43. The van der Waals surface area contributed by atoms with Gasteiger partial charge in [-0.05, 0) is 11.2 Å². The first-order valence-electron chi connectivity index (χ1n) is 5.67. The Hall–Kier alpha value is -1.75. The summed E-state index contributed by atoms with van der Waals surface area (Å²) in [6.45, 7) is 0. The zero-order valence-electron chi connectivity index (χ0n) is 9.87. The number of nitrogens with zero attached hydrogens (tertiary/aromatic N) is 3. The molecule has 0 radical (unpaired) electrons. The number of rotatable bonds is 0. The number of para-hydroxylation sites is 1. The number of benzene rings is 1. The molecule has 3 unspecified atom stereocenters. The highest BCUT2D eigenvalue weighted by atomic mass is 16.2. The zero-order chi connectivity index (χ0) is 12.2. The lowest BCUT2D eigenvalue weighted by molar-refractivity contribution is -0.598. The van der Waals surface area contributed by atoms with Gasteiger partial charge in [-0.3, -0.25) is 4.79 Å². The van der Waals surface area contributed by atoms with E-state index < -0.39 is 6.17 Å². The summed E-state index contributed by atoms with van der Waals surface area (Å²) in [6, 6.07) is 7.90. The first-order valence-corrected chi connectivity index (χ1v) is 5.67. The molecule has 3 atom stereocenters. The summed E-state index contributed by atoms with van der Waals surface area (Å²) < 4.78 is 1.82. The molecule has 17 heavy (non-hydrogen) atoms. The molecule has 88 valence electrons. The second-order valence-electron chi connectivity index (χ2n) is 4.61. The fraction of sp³-hybridized carbons (Fsp3) is 0.417. The minimum absolute atomic E-state index is 0.0232. The van der Waals surface area contributed by atoms with E-state index in [-0.39, 0.29) is 17.9 Å². The Morgan fingerprint density at radius 3 is 2.88 bits per heavy atom. The summed E-state index contributed by atoms with van der Waals surface area (Å²) in [5, 5.41) is 4.28. The van der Waals surface area contributed by atoms with E-state index in [9.17, 15) is 4.79 Å². The Morgan fingerprint density at radius 2 is 2.12 bits per heavy atom. The van der Waals surface area contributed by atoms with E-state index in [2.05, 4.69) is 5.11 Å². The molecule has 0 aromatic heterocycles. The van der Waals surface area contributed by atoms with E-state index in [1.54, 1.807) is 11.9 Å². The van der Waals surface area contributed by atoms with E-state index >= 15 is 0 Å². The van der Waals surface area contributed by atoms with Gasteiger partial charge in [-0.1, -0.05) is 18.2 Å². The second kappa shape index (κ2) is 3.37. The van der Waals surface area contributed by atoms with E-state index in [1.165, 1.54) is 0 Å². The number of anilines is 1. The number of hydrogen-bond acceptors (Lipinski definition) is 3. The molecule has 0 fully saturated rings. The van der Waals surface area contributed by atoms with Crippen LogP contribution in [0.3, 0.4) is 0 Å². The molecule has 2 aliphatic heterocycles. The topological polar surface area (TPSA) is 61.7 Å². The first-order chi connectivity index (χ1) is 8.11. The molecule has 1 aromatic carbocycles. The van der Waals surface area contributed by atoms with Crippen LogP contribution in [0.25, 0.3) is 0 Å². The van der Waals surface area contributed by atoms with Crippen molar-refractivity contribution in [2.75, 3.05) is 19.0 Å². The van der Waals surface area contributed by atoms with E-state index in [0.29, 0.717) is 0 Å². The number of fused-ring (bicyclic) bond motifs is 3. The van der Waals surface area contributed by atoms with Crippen molar-refractivity contribution < 1.29 is 9.49 Å². The highest BCUT2D eigenvalue weighted by Gasteiger charge is 2.53. The third-order valence-electron chi connectivity index (χ3n) is 3.66. The van der Waals surface area contributed by atoms with Gasteiger partial charge in [-0.2, -0.15) is 0 Å². The summed E-state index contributed by atoms with van der Waals surface area (Å²) in [6.07, 6.45) is -0.437. The summed E-state index contributed by atoms with van der Waals surface area (Å²) in [5.74, 6) is -0.214. The largest absolute Gasteiger partial charge is 0.314 e. The molecule has 5 nitrogen and oxygen atoms in total. The fourth-order valence-electron chi connectivity index (χ4n) is 2.83. The molecule has 1 amide bonds. The quantitative estimate of drug-likeness (QED) is 0.668. The molecule has 2 aliphatic rings. The Labute approximate surface area is 99.5 Å². The maximum absolute atomic E-state index is 12.3. The third-order valence-corrected chi connectivity index (χ3v) is 3.66. The smallest absolute Gasteiger partial charge is 0.240 e. The van der Waals surface area contributed by atoms with Gasteiger partial charge in [0.2, 0.25) is 11.9 Å². The van der Waals surface area contributed by atoms with Crippen LogP contribution in [-0.4, -0.2) is 30.9 Å². The summed E-state index contributed by atoms with van der Waals surface area (Å²) in [5.41, 5.74) is 8.01. The number of amides is 1. The van der Waals surface area contributed by atoms with Gasteiger partial charge in [-0.15, -0.1) is 4.70 Å². The molecular formula is C12H15N4O+. The molecule has 0 saturated heterocycles. The molecule has 5 heteroatoms. The van der Waals surface area contributed by atoms with Crippen LogP contribution in [0.5, 0.6) is 0 Å². The first kappa shape index (κ1) is 10.4. The maximum Gasteiger partial charge on any atom is 0.240 e. The molecule has 3 rings (SSSR count). The molecule has 0 spiro atoms. The minimum atomic E-state index is -0.437. The maximum atomic E-state index is 12.3. The highest BCUT2D eigenvalue weighted by molar-refractivity contribution is 5.98. The average molecular weight is 231 g/mol. The van der Waals surface area contributed by atoms with Gasteiger partial charge >= 0.3 is 0 Å². The van der Waals surface area contributed by atoms with Gasteiger partial charge in [0.05, 0.1) is 5.69 Å². The summed E-state index contributed by atoms with van der Waals surface area (Å²) in [7, 11) is 3.67. The standard InChI is InChI=1S/C12H15N4O/c1-15-8-6-4-3-5-7(8)10-9(12(15)17)11(13)14-16(10)2/h3-6,9-11H,13H2,1-2H3/q+1. The lowest BCUT2D eigenvalue weighted by Crippen LogP contribution is -2.46. The zero-order valence-corrected chi connectivity index (χ0v) is 9.87. The van der Waals surface area contributed by atoms with Gasteiger partial charge in [0.1, 0.15) is 5.92 Å². The van der Waals surface area contributed by atoms with E-state index in [0.717, 1.165) is 11.3 Å². The van der Waals surface area contributed by atoms with Crippen molar-refractivity contribution in [3.63, 3.8) is 0 Å². The van der Waals surface area contributed by atoms with Gasteiger partial charge in [-0.25, -0.2) is 0 Å². The van der Waals surface area contributed by atoms with Crippen LogP contribution in [0.2, 0.25) is 0 Å². The molecule has 2 heterocycles. The predicted octanol–water partition coefficient (Wildman–Crippen LogP) is 0.713. The third kappa shape index (κ3) is 1.26. The molecule has 1 aromatic rings. The lowest BCUT2D eigenvalue weighted by atomic mass is 9.86. The SMILES string of the molecule is CN1C(=O)C2C(N)N=[N+](C)C2c2ccccc21. The van der Waals surface area contributed by atoms with Gasteiger partial charge in [0.25, 0.3) is 0 Å². The summed E-state index contributed by atoms with van der Waals surface area (Å²) >= 11 is 0. The molecule has 0 bridgehead atoms. The van der Waals surface area contributed by atoms with Crippen LogP contribution in [0.4, 0.5) is 5.69 Å².